The summed E-state index contributed by atoms with van der Waals surface area (Å²) < 4.78 is 0. The van der Waals surface area contributed by atoms with E-state index in [-0.39, 0.29) is 5.41 Å². The van der Waals surface area contributed by atoms with Crippen LogP contribution >= 0.6 is 0 Å². The van der Waals surface area contributed by atoms with E-state index >= 15 is 0 Å². The lowest BCUT2D eigenvalue weighted by Crippen LogP contribution is -2.42. The Morgan fingerprint density at radius 1 is 0.871 bits per heavy atom. The summed E-state index contributed by atoms with van der Waals surface area (Å²) in [6.07, 6.45) is 16.8. The topological polar surface area (TPSA) is 61.1 Å². The lowest BCUT2D eigenvalue weighted by atomic mass is 9.60. The average molecular weight is 426 g/mol. The highest BCUT2D eigenvalue weighted by Gasteiger charge is 2.48. The summed E-state index contributed by atoms with van der Waals surface area (Å²) in [5, 5.41) is 20.1. The zero-order valence-corrected chi connectivity index (χ0v) is 19.9. The molecule has 1 N–H and O–H groups in total. The van der Waals surface area contributed by atoms with Crippen LogP contribution in [0.1, 0.15) is 121 Å². The minimum absolute atomic E-state index is 0.330. The van der Waals surface area contributed by atoms with Gasteiger partial charge in [-0.05, 0) is 56.1 Å². The van der Waals surface area contributed by atoms with Gasteiger partial charge in [-0.15, -0.1) is 0 Å². The van der Waals surface area contributed by atoms with E-state index < -0.39 is 11.4 Å². The predicted molar refractivity (Wildman–Crippen MR) is 128 cm³/mol. The molecule has 0 aliphatic heterocycles. The summed E-state index contributed by atoms with van der Waals surface area (Å²) in [7, 11) is 0. The molecule has 1 aliphatic carbocycles. The Morgan fingerprint density at radius 3 is 1.94 bits per heavy atom. The van der Waals surface area contributed by atoms with Gasteiger partial charge in [-0.25, -0.2) is 0 Å². The van der Waals surface area contributed by atoms with Gasteiger partial charge in [-0.3, -0.25) is 4.79 Å². The zero-order chi connectivity index (χ0) is 22.6. The SMILES string of the molecule is CCCCCCCc1ccc(C2(C(=O)O)CCC(C#N)(CCCCCCC)CC2)cc1. The summed E-state index contributed by atoms with van der Waals surface area (Å²) >= 11 is 0. The molecule has 1 fully saturated rings. The number of nitrogens with zero attached hydrogens (tertiary/aromatic N) is 1. The van der Waals surface area contributed by atoms with Crippen LogP contribution in [0.2, 0.25) is 0 Å². The average Bonchev–Trinajstić information content (AvgIpc) is 2.79. The molecule has 0 bridgehead atoms. The van der Waals surface area contributed by atoms with Crippen LogP contribution in [-0.2, 0) is 16.6 Å². The molecule has 1 aromatic rings. The van der Waals surface area contributed by atoms with E-state index in [1.165, 1.54) is 63.4 Å². The van der Waals surface area contributed by atoms with Crippen molar-refractivity contribution in [3.05, 3.63) is 35.4 Å². The fraction of sp³-hybridized carbons (Fsp3) is 0.714. The molecule has 0 amide bonds. The highest BCUT2D eigenvalue weighted by molar-refractivity contribution is 5.81. The third-order valence-corrected chi connectivity index (χ3v) is 7.54. The lowest BCUT2D eigenvalue weighted by Gasteiger charge is -2.41. The molecule has 3 heteroatoms. The number of aryl methyl sites for hydroxylation is 1. The molecule has 1 aliphatic rings. The number of hydrogen-bond acceptors (Lipinski definition) is 2. The van der Waals surface area contributed by atoms with Crippen LogP contribution in [0.4, 0.5) is 0 Å². The van der Waals surface area contributed by atoms with Crippen molar-refractivity contribution in [1.29, 1.82) is 5.26 Å². The normalized spacial score (nSPS) is 23.4. The number of carbonyl (C=O) groups is 1. The van der Waals surface area contributed by atoms with E-state index in [4.69, 9.17) is 0 Å². The summed E-state index contributed by atoms with van der Waals surface area (Å²) in [6.45, 7) is 4.44. The van der Waals surface area contributed by atoms with Gasteiger partial charge in [0.15, 0.2) is 0 Å². The fourth-order valence-corrected chi connectivity index (χ4v) is 5.19. The standard InChI is InChI=1S/C28H43NO2/c1-3-5-7-9-11-13-24-14-16-25(17-15-24)28(26(30)31)21-19-27(23-29,20-22-28)18-12-10-8-6-4-2/h14-17H,3-13,18-22H2,1-2H3,(H,30,31). The second-order valence-corrected chi connectivity index (χ2v) is 9.80. The van der Waals surface area contributed by atoms with Crippen molar-refractivity contribution >= 4 is 5.97 Å². The molecule has 172 valence electrons. The van der Waals surface area contributed by atoms with Gasteiger partial charge >= 0.3 is 5.97 Å². The number of hydrogen-bond donors (Lipinski definition) is 1. The van der Waals surface area contributed by atoms with Gasteiger partial charge in [-0.2, -0.15) is 5.26 Å². The van der Waals surface area contributed by atoms with Crippen molar-refractivity contribution in [3.8, 4) is 6.07 Å². The highest BCUT2D eigenvalue weighted by atomic mass is 16.4. The maximum atomic E-state index is 12.4. The molecule has 3 nitrogen and oxygen atoms in total. The maximum Gasteiger partial charge on any atom is 0.314 e. The first-order valence-corrected chi connectivity index (χ1v) is 12.8. The fourth-order valence-electron chi connectivity index (χ4n) is 5.19. The molecule has 0 heterocycles. The van der Waals surface area contributed by atoms with Gasteiger partial charge in [0, 0.05) is 0 Å². The van der Waals surface area contributed by atoms with Gasteiger partial charge in [-0.1, -0.05) is 95.9 Å². The van der Waals surface area contributed by atoms with Gasteiger partial charge in [0.2, 0.25) is 0 Å². The molecule has 1 aromatic carbocycles. The van der Waals surface area contributed by atoms with E-state index in [2.05, 4.69) is 32.0 Å². The largest absolute Gasteiger partial charge is 0.481 e. The van der Waals surface area contributed by atoms with Crippen LogP contribution in [0, 0.1) is 16.7 Å². The third-order valence-electron chi connectivity index (χ3n) is 7.54. The van der Waals surface area contributed by atoms with Gasteiger partial charge in [0.25, 0.3) is 0 Å². The number of rotatable bonds is 14. The number of carboxylic acids is 1. The lowest BCUT2D eigenvalue weighted by molar-refractivity contribution is -0.146. The first kappa shape index (κ1) is 25.4. The molecule has 2 rings (SSSR count). The minimum Gasteiger partial charge on any atom is -0.481 e. The Morgan fingerprint density at radius 2 is 1.42 bits per heavy atom. The summed E-state index contributed by atoms with van der Waals surface area (Å²) in [5.41, 5.74) is 1.06. The number of aliphatic carboxylic acids is 1. The second kappa shape index (κ2) is 12.9. The Hall–Kier alpha value is -1.82. The van der Waals surface area contributed by atoms with Crippen molar-refractivity contribution < 1.29 is 9.90 Å². The van der Waals surface area contributed by atoms with Gasteiger partial charge in [0.1, 0.15) is 0 Å². The quantitative estimate of drug-likeness (QED) is 0.307. The summed E-state index contributed by atoms with van der Waals surface area (Å²) in [4.78, 5) is 12.4. The number of unbranched alkanes of at least 4 members (excludes halogenated alkanes) is 8. The van der Waals surface area contributed by atoms with E-state index in [9.17, 15) is 15.2 Å². The highest BCUT2D eigenvalue weighted by Crippen LogP contribution is 2.49. The summed E-state index contributed by atoms with van der Waals surface area (Å²) in [6, 6.07) is 10.9. The first-order chi connectivity index (χ1) is 15.0. The zero-order valence-electron chi connectivity index (χ0n) is 19.9. The van der Waals surface area contributed by atoms with Gasteiger partial charge in [0.05, 0.1) is 16.9 Å². The molecule has 0 radical (unpaired) electrons. The van der Waals surface area contributed by atoms with Crippen LogP contribution in [0.15, 0.2) is 24.3 Å². The molecule has 0 saturated heterocycles. The number of nitriles is 1. The van der Waals surface area contributed by atoms with Crippen molar-refractivity contribution in [3.63, 3.8) is 0 Å². The molecule has 31 heavy (non-hydrogen) atoms. The summed E-state index contributed by atoms with van der Waals surface area (Å²) in [5.74, 6) is -0.727. The number of carboxylic acid groups (broad SMARTS) is 1. The molecule has 1 saturated carbocycles. The van der Waals surface area contributed by atoms with Crippen LogP contribution in [0.5, 0.6) is 0 Å². The molecule has 0 unspecified atom stereocenters. The van der Waals surface area contributed by atoms with Crippen LogP contribution < -0.4 is 0 Å². The smallest absolute Gasteiger partial charge is 0.314 e. The van der Waals surface area contributed by atoms with E-state index in [0.717, 1.165) is 24.8 Å². The molecule has 0 spiro atoms. The van der Waals surface area contributed by atoms with Crippen molar-refractivity contribution in [2.24, 2.45) is 5.41 Å². The first-order valence-electron chi connectivity index (χ1n) is 12.8. The van der Waals surface area contributed by atoms with E-state index in [1.54, 1.807) is 0 Å². The molecular formula is C28H43NO2. The Labute approximate surface area is 190 Å². The Kier molecular flexibility index (Phi) is 10.6. The van der Waals surface area contributed by atoms with Gasteiger partial charge < -0.3 is 5.11 Å². The molecule has 0 aromatic heterocycles. The number of benzene rings is 1. The third kappa shape index (κ3) is 7.09. The predicted octanol–water partition coefficient (Wildman–Crippen LogP) is 7.97. The van der Waals surface area contributed by atoms with E-state index in [0.29, 0.717) is 25.7 Å². The van der Waals surface area contributed by atoms with Crippen LogP contribution in [-0.4, -0.2) is 11.1 Å². The van der Waals surface area contributed by atoms with Crippen molar-refractivity contribution in [2.75, 3.05) is 0 Å². The van der Waals surface area contributed by atoms with Crippen molar-refractivity contribution in [1.82, 2.24) is 0 Å². The maximum absolute atomic E-state index is 12.4. The van der Waals surface area contributed by atoms with E-state index in [1.807, 2.05) is 12.1 Å². The second-order valence-electron chi connectivity index (χ2n) is 9.80. The minimum atomic E-state index is -0.831. The Balaban J connectivity index is 1.97. The molecule has 0 atom stereocenters. The monoisotopic (exact) mass is 425 g/mol. The van der Waals surface area contributed by atoms with Crippen LogP contribution in [0.25, 0.3) is 0 Å². The molecular weight excluding hydrogens is 382 g/mol. The van der Waals surface area contributed by atoms with Crippen LogP contribution in [0.3, 0.4) is 0 Å². The van der Waals surface area contributed by atoms with Crippen molar-refractivity contribution in [2.45, 2.75) is 122 Å². The Bertz CT molecular complexity index is 693.